The second-order valence-corrected chi connectivity index (χ2v) is 6.96. The zero-order valence-electron chi connectivity index (χ0n) is 14.6. The number of anilines is 2. The lowest BCUT2D eigenvalue weighted by atomic mass is 9.79. The first-order valence-corrected chi connectivity index (χ1v) is 9.05. The molecule has 1 saturated heterocycles. The van der Waals surface area contributed by atoms with Crippen molar-refractivity contribution < 1.29 is 9.59 Å². The van der Waals surface area contributed by atoms with Gasteiger partial charge in [-0.25, -0.2) is 0 Å². The average Bonchev–Trinajstić information content (AvgIpc) is 2.61. The van der Waals surface area contributed by atoms with Crippen LogP contribution in [0.3, 0.4) is 0 Å². The molecule has 2 aromatic rings. The van der Waals surface area contributed by atoms with E-state index in [-0.39, 0.29) is 23.7 Å². The minimum Gasteiger partial charge on any atom is -0.399 e. The number of carbonyl (C=O) groups is 2. The van der Waals surface area contributed by atoms with Crippen LogP contribution in [-0.2, 0) is 9.59 Å². The first-order chi connectivity index (χ1) is 12.5. The molecule has 0 spiro atoms. The van der Waals surface area contributed by atoms with Crippen LogP contribution in [0.5, 0.6) is 0 Å². The molecule has 1 aliphatic heterocycles. The van der Waals surface area contributed by atoms with Gasteiger partial charge < -0.3 is 16.0 Å². The molecule has 1 heterocycles. The number of nitrogens with two attached hydrogens (primary N) is 1. The molecule has 2 aromatic carbocycles. The number of nitrogens with zero attached hydrogens (tertiary/aromatic N) is 1. The molecule has 6 heteroatoms. The number of hydrogen-bond acceptors (Lipinski definition) is 3. The van der Waals surface area contributed by atoms with Gasteiger partial charge >= 0.3 is 0 Å². The third-order valence-corrected chi connectivity index (χ3v) is 5.03. The topological polar surface area (TPSA) is 75.4 Å². The lowest BCUT2D eigenvalue weighted by Gasteiger charge is -2.37. The molecule has 0 radical (unpaired) electrons. The fraction of sp³-hybridized carbons (Fsp3) is 0.300. The summed E-state index contributed by atoms with van der Waals surface area (Å²) in [5.41, 5.74) is 7.94. The van der Waals surface area contributed by atoms with E-state index >= 15 is 0 Å². The number of halogens is 1. The van der Waals surface area contributed by atoms with Crippen LogP contribution in [0.4, 0.5) is 11.4 Å². The number of likely N-dealkylation sites (tertiary alicyclic amines) is 1. The van der Waals surface area contributed by atoms with Crippen LogP contribution in [0.15, 0.2) is 48.5 Å². The molecule has 3 N–H and O–H groups in total. The van der Waals surface area contributed by atoms with Gasteiger partial charge in [0.1, 0.15) is 0 Å². The Balaban J connectivity index is 1.88. The summed E-state index contributed by atoms with van der Waals surface area (Å²) >= 11 is 6.12. The molecule has 136 valence electrons. The molecule has 2 atom stereocenters. The second kappa shape index (κ2) is 7.79. The summed E-state index contributed by atoms with van der Waals surface area (Å²) in [6.45, 7) is 2.90. The Morgan fingerprint density at radius 2 is 2.04 bits per heavy atom. The van der Waals surface area contributed by atoms with Crippen LogP contribution in [-0.4, -0.2) is 29.8 Å². The highest BCUT2D eigenvalue weighted by atomic mass is 35.5. The number of carbonyl (C=O) groups excluding carboxylic acids is 2. The van der Waals surface area contributed by atoms with Gasteiger partial charge in [0.05, 0.1) is 5.92 Å². The quantitative estimate of drug-likeness (QED) is 0.807. The van der Waals surface area contributed by atoms with Gasteiger partial charge in [-0.1, -0.05) is 29.8 Å². The number of rotatable bonds is 4. The van der Waals surface area contributed by atoms with E-state index in [1.807, 2.05) is 25.1 Å². The van der Waals surface area contributed by atoms with Crippen molar-refractivity contribution in [2.75, 3.05) is 24.1 Å². The lowest BCUT2D eigenvalue weighted by Crippen LogP contribution is -2.47. The predicted molar refractivity (Wildman–Crippen MR) is 104 cm³/mol. The van der Waals surface area contributed by atoms with E-state index in [0.717, 1.165) is 5.56 Å². The molecular weight excluding hydrogens is 350 g/mol. The van der Waals surface area contributed by atoms with E-state index in [4.69, 9.17) is 17.3 Å². The molecule has 26 heavy (non-hydrogen) atoms. The molecule has 3 rings (SSSR count). The van der Waals surface area contributed by atoms with Gasteiger partial charge in [0.25, 0.3) is 0 Å². The number of hydrogen-bond donors (Lipinski definition) is 2. The van der Waals surface area contributed by atoms with E-state index in [1.165, 1.54) is 0 Å². The van der Waals surface area contributed by atoms with E-state index in [9.17, 15) is 9.59 Å². The minimum atomic E-state index is -0.354. The van der Waals surface area contributed by atoms with Crippen molar-refractivity contribution in [1.29, 1.82) is 0 Å². The van der Waals surface area contributed by atoms with Crippen molar-refractivity contribution in [3.05, 3.63) is 59.1 Å². The first-order valence-electron chi connectivity index (χ1n) is 8.67. The van der Waals surface area contributed by atoms with E-state index in [1.54, 1.807) is 35.2 Å². The maximum atomic E-state index is 13.0. The number of piperidine rings is 1. The molecule has 0 aromatic heterocycles. The Morgan fingerprint density at radius 1 is 1.27 bits per heavy atom. The van der Waals surface area contributed by atoms with Gasteiger partial charge in [0.2, 0.25) is 11.8 Å². The summed E-state index contributed by atoms with van der Waals surface area (Å²) in [7, 11) is 0. The molecule has 5 nitrogen and oxygen atoms in total. The monoisotopic (exact) mass is 371 g/mol. The van der Waals surface area contributed by atoms with E-state index < -0.39 is 0 Å². The average molecular weight is 372 g/mol. The van der Waals surface area contributed by atoms with Crippen molar-refractivity contribution in [3.8, 4) is 0 Å². The largest absolute Gasteiger partial charge is 0.399 e. The van der Waals surface area contributed by atoms with Gasteiger partial charge in [0, 0.05) is 41.8 Å². The van der Waals surface area contributed by atoms with Crippen LogP contribution < -0.4 is 11.1 Å². The molecule has 0 unspecified atom stereocenters. The van der Waals surface area contributed by atoms with E-state index in [0.29, 0.717) is 35.9 Å². The van der Waals surface area contributed by atoms with E-state index in [2.05, 4.69) is 5.32 Å². The van der Waals surface area contributed by atoms with Gasteiger partial charge in [-0.2, -0.15) is 0 Å². The van der Waals surface area contributed by atoms with Gasteiger partial charge in [-0.15, -0.1) is 0 Å². The molecule has 0 aliphatic carbocycles. The van der Waals surface area contributed by atoms with Crippen molar-refractivity contribution in [3.63, 3.8) is 0 Å². The van der Waals surface area contributed by atoms with Crippen molar-refractivity contribution in [2.24, 2.45) is 5.92 Å². The summed E-state index contributed by atoms with van der Waals surface area (Å²) < 4.78 is 0. The van der Waals surface area contributed by atoms with Crippen LogP contribution >= 0.6 is 11.6 Å². The third-order valence-electron chi connectivity index (χ3n) is 4.80. The standard InChI is InChI=1S/C20H22ClN3O2/c1-2-24-12-18(20(26)23-16-8-4-7-15(22)10-16)17(11-19(24)25)13-5-3-6-14(21)9-13/h3-10,17-18H,2,11-12,22H2,1H3,(H,23,26)/t17-,18+/m0/s1. The number of amides is 2. The summed E-state index contributed by atoms with van der Waals surface area (Å²) in [6, 6.07) is 14.5. The Labute approximate surface area is 158 Å². The zero-order chi connectivity index (χ0) is 18.7. The van der Waals surface area contributed by atoms with Crippen molar-refractivity contribution >= 4 is 34.8 Å². The second-order valence-electron chi connectivity index (χ2n) is 6.52. The molecule has 1 fully saturated rings. The third kappa shape index (κ3) is 3.99. The Hall–Kier alpha value is -2.53. The first kappa shape index (κ1) is 18.3. The van der Waals surface area contributed by atoms with Crippen molar-refractivity contribution in [2.45, 2.75) is 19.3 Å². The highest BCUT2D eigenvalue weighted by Crippen LogP contribution is 2.35. The highest BCUT2D eigenvalue weighted by Gasteiger charge is 2.38. The van der Waals surface area contributed by atoms with Gasteiger partial charge in [-0.05, 0) is 42.8 Å². The molecule has 0 saturated carbocycles. The Kier molecular flexibility index (Phi) is 5.47. The summed E-state index contributed by atoms with van der Waals surface area (Å²) in [6.07, 6.45) is 0.295. The fourth-order valence-corrected chi connectivity index (χ4v) is 3.63. The predicted octanol–water partition coefficient (Wildman–Crippen LogP) is 3.51. The van der Waals surface area contributed by atoms with Gasteiger partial charge in [-0.3, -0.25) is 9.59 Å². The summed E-state index contributed by atoms with van der Waals surface area (Å²) in [5, 5.41) is 3.54. The number of nitrogen functional groups attached to an aromatic ring is 1. The number of nitrogens with one attached hydrogen (secondary N) is 1. The number of benzene rings is 2. The molecule has 2 amide bonds. The molecule has 0 bridgehead atoms. The van der Waals surface area contributed by atoms with Crippen LogP contribution in [0.2, 0.25) is 5.02 Å². The summed E-state index contributed by atoms with van der Waals surface area (Å²) in [4.78, 5) is 27.1. The lowest BCUT2D eigenvalue weighted by molar-refractivity contribution is -0.137. The molecular formula is C20H22ClN3O2. The smallest absolute Gasteiger partial charge is 0.229 e. The minimum absolute atomic E-state index is 0.0606. The normalized spacial score (nSPS) is 20.1. The fourth-order valence-electron chi connectivity index (χ4n) is 3.44. The summed E-state index contributed by atoms with van der Waals surface area (Å²) in [5.74, 6) is -0.616. The maximum absolute atomic E-state index is 13.0. The van der Waals surface area contributed by atoms with Crippen LogP contribution in [0, 0.1) is 5.92 Å². The Morgan fingerprint density at radius 3 is 2.73 bits per heavy atom. The Bertz CT molecular complexity index is 824. The highest BCUT2D eigenvalue weighted by molar-refractivity contribution is 6.30. The van der Waals surface area contributed by atoms with Crippen LogP contribution in [0.1, 0.15) is 24.8 Å². The maximum Gasteiger partial charge on any atom is 0.229 e. The van der Waals surface area contributed by atoms with Crippen molar-refractivity contribution in [1.82, 2.24) is 4.90 Å². The van der Waals surface area contributed by atoms with Crippen LogP contribution in [0.25, 0.3) is 0 Å². The molecule has 1 aliphatic rings. The zero-order valence-corrected chi connectivity index (χ0v) is 15.4. The van der Waals surface area contributed by atoms with Gasteiger partial charge in [0.15, 0.2) is 0 Å². The SMILES string of the molecule is CCN1C[C@@H](C(=O)Nc2cccc(N)c2)[C@H](c2cccc(Cl)c2)CC1=O.